The highest BCUT2D eigenvalue weighted by molar-refractivity contribution is 7.08. The molecular formula is C30H20FN7OS. The standard InChI is InChI=1S/C30H20FN7OS/c31-26-21(19-13-20(15-32-14-19)34-24(39)12-17-4-2-1-3-5-17)6-7-22-25(26)29(38-37-22)30-35-23-8-10-33-27(28(23)36-30)18-9-11-40-16-18/h1-11,13-16H,12H2,(H,34,39)(H,35,36)(H,37,38). The van der Waals surface area contributed by atoms with Crippen LogP contribution < -0.4 is 5.32 Å². The van der Waals surface area contributed by atoms with Gasteiger partial charge in [0.25, 0.3) is 0 Å². The van der Waals surface area contributed by atoms with E-state index in [0.717, 1.165) is 22.3 Å². The summed E-state index contributed by atoms with van der Waals surface area (Å²) >= 11 is 1.58. The molecule has 0 saturated carbocycles. The van der Waals surface area contributed by atoms with Gasteiger partial charge in [0.05, 0.1) is 40.4 Å². The second-order valence-corrected chi connectivity index (χ2v) is 10.0. The predicted octanol–water partition coefficient (Wildman–Crippen LogP) is 6.61. The van der Waals surface area contributed by atoms with Crippen molar-refractivity contribution in [2.75, 3.05) is 5.32 Å². The molecule has 7 aromatic rings. The van der Waals surface area contributed by atoms with E-state index < -0.39 is 5.82 Å². The minimum Gasteiger partial charge on any atom is -0.336 e. The number of anilines is 1. The quantitative estimate of drug-likeness (QED) is 0.218. The van der Waals surface area contributed by atoms with Crippen molar-refractivity contribution in [2.45, 2.75) is 6.42 Å². The molecule has 5 aromatic heterocycles. The van der Waals surface area contributed by atoms with E-state index >= 15 is 4.39 Å². The maximum Gasteiger partial charge on any atom is 0.228 e. The van der Waals surface area contributed by atoms with Crippen molar-refractivity contribution in [3.63, 3.8) is 0 Å². The second kappa shape index (κ2) is 9.83. The zero-order chi connectivity index (χ0) is 27.1. The number of nitrogens with one attached hydrogen (secondary N) is 3. The molecule has 0 aliphatic rings. The van der Waals surface area contributed by atoms with Crippen LogP contribution in [0.3, 0.4) is 0 Å². The van der Waals surface area contributed by atoms with Crippen LogP contribution in [0.25, 0.3) is 55.8 Å². The maximum atomic E-state index is 16.1. The lowest BCUT2D eigenvalue weighted by molar-refractivity contribution is -0.115. The topological polar surface area (TPSA) is 112 Å². The summed E-state index contributed by atoms with van der Waals surface area (Å²) in [6.07, 6.45) is 5.05. The summed E-state index contributed by atoms with van der Waals surface area (Å²) in [4.78, 5) is 29.4. The van der Waals surface area contributed by atoms with Crippen LogP contribution in [0.2, 0.25) is 0 Å². The maximum absolute atomic E-state index is 16.1. The number of fused-ring (bicyclic) bond motifs is 2. The molecule has 0 unspecified atom stereocenters. The Hall–Kier alpha value is -5.22. The first-order valence-corrected chi connectivity index (χ1v) is 13.4. The molecule has 0 spiro atoms. The highest BCUT2D eigenvalue weighted by Gasteiger charge is 2.21. The number of halogens is 1. The monoisotopic (exact) mass is 545 g/mol. The molecule has 1 amide bonds. The first-order valence-electron chi connectivity index (χ1n) is 12.5. The Kier molecular flexibility index (Phi) is 5.86. The summed E-state index contributed by atoms with van der Waals surface area (Å²) < 4.78 is 16.1. The molecule has 10 heteroatoms. The summed E-state index contributed by atoms with van der Waals surface area (Å²) in [7, 11) is 0. The molecule has 0 saturated heterocycles. The van der Waals surface area contributed by atoms with Crippen molar-refractivity contribution >= 4 is 44.9 Å². The van der Waals surface area contributed by atoms with Crippen LogP contribution in [0.1, 0.15) is 5.56 Å². The molecule has 0 radical (unpaired) electrons. The molecular weight excluding hydrogens is 525 g/mol. The number of rotatable bonds is 6. The first kappa shape index (κ1) is 23.9. The molecule has 5 heterocycles. The molecule has 8 nitrogen and oxygen atoms in total. The highest BCUT2D eigenvalue weighted by Crippen LogP contribution is 2.35. The van der Waals surface area contributed by atoms with Crippen LogP contribution in [0.4, 0.5) is 10.1 Å². The predicted molar refractivity (Wildman–Crippen MR) is 154 cm³/mol. The number of aromatic amines is 2. The van der Waals surface area contributed by atoms with Crippen molar-refractivity contribution in [1.29, 1.82) is 0 Å². The van der Waals surface area contributed by atoms with Gasteiger partial charge in [-0.2, -0.15) is 16.4 Å². The zero-order valence-corrected chi connectivity index (χ0v) is 21.7. The van der Waals surface area contributed by atoms with Crippen molar-refractivity contribution in [3.05, 3.63) is 101 Å². The van der Waals surface area contributed by atoms with Crippen LogP contribution in [0, 0.1) is 5.82 Å². The van der Waals surface area contributed by atoms with Gasteiger partial charge in [-0.1, -0.05) is 30.3 Å². The Morgan fingerprint density at radius 1 is 0.975 bits per heavy atom. The third-order valence-corrected chi connectivity index (χ3v) is 7.31. The Morgan fingerprint density at radius 3 is 2.73 bits per heavy atom. The van der Waals surface area contributed by atoms with Crippen molar-refractivity contribution in [2.24, 2.45) is 0 Å². The summed E-state index contributed by atoms with van der Waals surface area (Å²) in [6.45, 7) is 0. The fourth-order valence-electron chi connectivity index (χ4n) is 4.77. The van der Waals surface area contributed by atoms with Crippen molar-refractivity contribution in [1.82, 2.24) is 30.1 Å². The number of carbonyl (C=O) groups is 1. The largest absolute Gasteiger partial charge is 0.336 e. The van der Waals surface area contributed by atoms with Gasteiger partial charge in [0.15, 0.2) is 5.82 Å². The molecule has 0 fully saturated rings. The third-order valence-electron chi connectivity index (χ3n) is 6.63. The van der Waals surface area contributed by atoms with Gasteiger partial charge in [-0.05, 0) is 41.3 Å². The summed E-state index contributed by atoms with van der Waals surface area (Å²) in [6, 6.07) is 18.4. The zero-order valence-electron chi connectivity index (χ0n) is 20.9. The van der Waals surface area contributed by atoms with Gasteiger partial charge in [-0.3, -0.25) is 19.9 Å². The fraction of sp³-hybridized carbons (Fsp3) is 0.0333. The minimum atomic E-state index is -0.465. The van der Waals surface area contributed by atoms with E-state index in [0.29, 0.717) is 44.8 Å². The number of benzene rings is 2. The highest BCUT2D eigenvalue weighted by atomic mass is 32.1. The third kappa shape index (κ3) is 4.30. The van der Waals surface area contributed by atoms with E-state index in [1.54, 1.807) is 48.1 Å². The van der Waals surface area contributed by atoms with Crippen LogP contribution in [-0.4, -0.2) is 36.0 Å². The summed E-state index contributed by atoms with van der Waals surface area (Å²) in [5.41, 5.74) is 6.32. The van der Waals surface area contributed by atoms with Gasteiger partial charge in [-0.15, -0.1) is 0 Å². The molecule has 3 N–H and O–H groups in total. The smallest absolute Gasteiger partial charge is 0.228 e. The van der Waals surface area contributed by atoms with E-state index in [9.17, 15) is 4.79 Å². The van der Waals surface area contributed by atoms with Crippen LogP contribution in [0.5, 0.6) is 0 Å². The van der Waals surface area contributed by atoms with E-state index in [1.807, 2.05) is 53.2 Å². The lowest BCUT2D eigenvalue weighted by Gasteiger charge is -2.09. The molecule has 7 rings (SSSR count). The van der Waals surface area contributed by atoms with Crippen molar-refractivity contribution < 1.29 is 9.18 Å². The average molecular weight is 546 g/mol. The number of hydrogen-bond donors (Lipinski definition) is 3. The van der Waals surface area contributed by atoms with E-state index in [2.05, 4.69) is 30.5 Å². The number of amides is 1. The molecule has 0 aliphatic heterocycles. The average Bonchev–Trinajstić information content (AvgIpc) is 3.73. The molecule has 194 valence electrons. The van der Waals surface area contributed by atoms with Crippen LogP contribution >= 0.6 is 11.3 Å². The number of nitrogens with zero attached hydrogens (tertiary/aromatic N) is 4. The molecule has 40 heavy (non-hydrogen) atoms. The van der Waals surface area contributed by atoms with Crippen LogP contribution in [0.15, 0.2) is 90.0 Å². The molecule has 0 aliphatic carbocycles. The van der Waals surface area contributed by atoms with Crippen molar-refractivity contribution in [3.8, 4) is 33.9 Å². The number of aromatic nitrogens is 6. The molecule has 0 bridgehead atoms. The first-order chi connectivity index (χ1) is 19.6. The Morgan fingerprint density at radius 2 is 1.88 bits per heavy atom. The Bertz CT molecular complexity index is 2000. The normalized spacial score (nSPS) is 11.3. The van der Waals surface area contributed by atoms with E-state index in [-0.39, 0.29) is 12.3 Å². The summed E-state index contributed by atoms with van der Waals surface area (Å²) in [5.74, 6) is -0.214. The lowest BCUT2D eigenvalue weighted by Crippen LogP contribution is -2.14. The van der Waals surface area contributed by atoms with Gasteiger partial charge >= 0.3 is 0 Å². The van der Waals surface area contributed by atoms with Gasteiger partial charge in [-0.25, -0.2) is 9.37 Å². The number of pyridine rings is 2. The lowest BCUT2D eigenvalue weighted by atomic mass is 10.0. The number of H-pyrrole nitrogens is 2. The number of thiophene rings is 1. The fourth-order valence-corrected chi connectivity index (χ4v) is 5.41. The Labute approximate surface area is 231 Å². The molecule has 2 aromatic carbocycles. The van der Waals surface area contributed by atoms with Gasteiger partial charge in [0.1, 0.15) is 17.0 Å². The van der Waals surface area contributed by atoms with Gasteiger partial charge in [0.2, 0.25) is 5.91 Å². The minimum absolute atomic E-state index is 0.181. The number of hydrogen-bond acceptors (Lipinski definition) is 6. The van der Waals surface area contributed by atoms with Gasteiger partial charge in [0, 0.05) is 34.5 Å². The second-order valence-electron chi connectivity index (χ2n) is 9.25. The SMILES string of the molecule is O=C(Cc1ccccc1)Nc1cncc(-c2ccc3[nH]nc(-c4nc5c(-c6ccsc6)nccc5[nH]4)c3c2F)c1. The summed E-state index contributed by atoms with van der Waals surface area (Å²) in [5, 5.41) is 14.5. The van der Waals surface area contributed by atoms with E-state index in [1.165, 1.54) is 0 Å². The number of carbonyl (C=O) groups excluding carboxylic acids is 1. The molecule has 0 atom stereocenters. The van der Waals surface area contributed by atoms with E-state index in [4.69, 9.17) is 4.98 Å². The van der Waals surface area contributed by atoms with Gasteiger partial charge < -0.3 is 10.3 Å². The Balaban J connectivity index is 1.24. The number of imidazole rings is 1. The van der Waals surface area contributed by atoms with Crippen LogP contribution in [-0.2, 0) is 11.2 Å².